The normalized spacial score (nSPS) is 16.1. The van der Waals surface area contributed by atoms with Gasteiger partial charge >= 0.3 is 0 Å². The molecule has 1 atom stereocenters. The molecule has 2 aromatic heterocycles. The number of pyridine rings is 1. The molecule has 1 amide bonds. The van der Waals surface area contributed by atoms with Crippen molar-refractivity contribution < 1.29 is 9.21 Å². The molecule has 0 bridgehead atoms. The maximum absolute atomic E-state index is 12.9. The highest BCUT2D eigenvalue weighted by Gasteiger charge is 2.38. The van der Waals surface area contributed by atoms with E-state index in [0.29, 0.717) is 12.1 Å². The largest absolute Gasteiger partial charge is 0.467 e. The number of rotatable bonds is 5. The predicted molar refractivity (Wildman–Crippen MR) is 95.0 cm³/mol. The van der Waals surface area contributed by atoms with E-state index in [1.54, 1.807) is 23.4 Å². The standard InChI is InChI=1S/C20H19N3O2/c1-2-14-7-3-4-10-17(14)22-19-18-16(9-5-11-21-18)20(24)23(19)13-15-8-6-12-25-15/h3-12,19,22H,2,13H2,1H3. The minimum absolute atomic E-state index is 0.0361. The Morgan fingerprint density at radius 3 is 2.84 bits per heavy atom. The van der Waals surface area contributed by atoms with E-state index in [4.69, 9.17) is 4.42 Å². The number of anilines is 1. The average molecular weight is 333 g/mol. The summed E-state index contributed by atoms with van der Waals surface area (Å²) in [4.78, 5) is 19.1. The number of furan rings is 1. The Bertz CT molecular complexity index is 889. The third kappa shape index (κ3) is 2.78. The lowest BCUT2D eigenvalue weighted by Gasteiger charge is -2.26. The van der Waals surface area contributed by atoms with Crippen molar-refractivity contribution in [2.75, 3.05) is 5.32 Å². The Balaban J connectivity index is 1.71. The van der Waals surface area contributed by atoms with Crippen molar-refractivity contribution in [1.82, 2.24) is 9.88 Å². The second-order valence-electron chi connectivity index (χ2n) is 6.01. The quantitative estimate of drug-likeness (QED) is 0.766. The number of nitrogens with one attached hydrogen (secondary N) is 1. The average Bonchev–Trinajstić information content (AvgIpc) is 3.25. The number of para-hydroxylation sites is 1. The lowest BCUT2D eigenvalue weighted by Crippen LogP contribution is -2.32. The number of carbonyl (C=O) groups is 1. The Kier molecular flexibility index (Phi) is 3.98. The number of hydrogen-bond acceptors (Lipinski definition) is 4. The van der Waals surface area contributed by atoms with Crippen LogP contribution in [0.4, 0.5) is 5.69 Å². The van der Waals surface area contributed by atoms with Gasteiger partial charge in [-0.05, 0) is 42.3 Å². The second-order valence-corrected chi connectivity index (χ2v) is 6.01. The van der Waals surface area contributed by atoms with Crippen LogP contribution in [0.5, 0.6) is 0 Å². The molecule has 1 unspecified atom stereocenters. The fourth-order valence-electron chi connectivity index (χ4n) is 3.23. The maximum Gasteiger partial charge on any atom is 0.258 e. The van der Waals surface area contributed by atoms with Gasteiger partial charge in [-0.3, -0.25) is 9.78 Å². The highest BCUT2D eigenvalue weighted by molar-refractivity contribution is 5.98. The molecule has 3 aromatic rings. The minimum Gasteiger partial charge on any atom is -0.467 e. The number of nitrogens with zero attached hydrogens (tertiary/aromatic N) is 2. The van der Waals surface area contributed by atoms with E-state index < -0.39 is 0 Å². The van der Waals surface area contributed by atoms with Crippen LogP contribution in [0.3, 0.4) is 0 Å². The summed E-state index contributed by atoms with van der Waals surface area (Å²) < 4.78 is 5.44. The first kappa shape index (κ1) is 15.4. The Morgan fingerprint density at radius 2 is 2.04 bits per heavy atom. The monoisotopic (exact) mass is 333 g/mol. The van der Waals surface area contributed by atoms with Gasteiger partial charge in [0.15, 0.2) is 0 Å². The number of fused-ring (bicyclic) bond motifs is 1. The van der Waals surface area contributed by atoms with E-state index >= 15 is 0 Å². The van der Waals surface area contributed by atoms with Gasteiger partial charge in [0.1, 0.15) is 11.9 Å². The Labute approximate surface area is 146 Å². The first-order valence-corrected chi connectivity index (χ1v) is 8.40. The summed E-state index contributed by atoms with van der Waals surface area (Å²) >= 11 is 0. The van der Waals surface area contributed by atoms with Crippen LogP contribution < -0.4 is 5.32 Å². The molecule has 126 valence electrons. The molecule has 0 saturated heterocycles. The molecule has 25 heavy (non-hydrogen) atoms. The zero-order valence-electron chi connectivity index (χ0n) is 14.0. The number of aromatic nitrogens is 1. The lowest BCUT2D eigenvalue weighted by atomic mass is 10.1. The number of carbonyl (C=O) groups excluding carboxylic acids is 1. The summed E-state index contributed by atoms with van der Waals surface area (Å²) in [6.07, 6.45) is 3.94. The summed E-state index contributed by atoms with van der Waals surface area (Å²) in [6.45, 7) is 2.52. The summed E-state index contributed by atoms with van der Waals surface area (Å²) in [5.41, 5.74) is 3.62. The first-order valence-electron chi connectivity index (χ1n) is 8.40. The van der Waals surface area contributed by atoms with Crippen LogP contribution in [0, 0.1) is 0 Å². The van der Waals surface area contributed by atoms with Gasteiger partial charge < -0.3 is 14.6 Å². The van der Waals surface area contributed by atoms with Gasteiger partial charge in [-0.15, -0.1) is 0 Å². The summed E-state index contributed by atoms with van der Waals surface area (Å²) in [7, 11) is 0. The topological polar surface area (TPSA) is 58.4 Å². The minimum atomic E-state index is -0.318. The van der Waals surface area contributed by atoms with Gasteiger partial charge in [0.25, 0.3) is 5.91 Å². The Hall–Kier alpha value is -3.08. The molecule has 1 aliphatic heterocycles. The molecule has 5 nitrogen and oxygen atoms in total. The zero-order valence-corrected chi connectivity index (χ0v) is 14.0. The predicted octanol–water partition coefficient (Wildman–Crippen LogP) is 4.00. The summed E-state index contributed by atoms with van der Waals surface area (Å²) in [5, 5.41) is 3.51. The van der Waals surface area contributed by atoms with Crippen LogP contribution >= 0.6 is 0 Å². The smallest absolute Gasteiger partial charge is 0.258 e. The molecule has 0 saturated carbocycles. The van der Waals surface area contributed by atoms with Gasteiger partial charge in [0, 0.05) is 11.9 Å². The molecule has 1 aliphatic rings. The molecule has 0 spiro atoms. The van der Waals surface area contributed by atoms with Gasteiger partial charge in [0.2, 0.25) is 0 Å². The van der Waals surface area contributed by atoms with E-state index in [-0.39, 0.29) is 12.1 Å². The number of aryl methyl sites for hydroxylation is 1. The fourth-order valence-corrected chi connectivity index (χ4v) is 3.23. The Morgan fingerprint density at radius 1 is 1.16 bits per heavy atom. The van der Waals surface area contributed by atoms with Crippen molar-refractivity contribution in [1.29, 1.82) is 0 Å². The van der Waals surface area contributed by atoms with Crippen molar-refractivity contribution >= 4 is 11.6 Å². The molecular weight excluding hydrogens is 314 g/mol. The fraction of sp³-hybridized carbons (Fsp3) is 0.200. The molecule has 1 N–H and O–H groups in total. The van der Waals surface area contributed by atoms with Crippen LogP contribution in [0.2, 0.25) is 0 Å². The second kappa shape index (κ2) is 6.43. The van der Waals surface area contributed by atoms with E-state index in [1.165, 1.54) is 5.56 Å². The molecule has 4 rings (SSSR count). The highest BCUT2D eigenvalue weighted by atomic mass is 16.3. The molecular formula is C20H19N3O2. The van der Waals surface area contributed by atoms with Crippen molar-refractivity contribution in [3.05, 3.63) is 83.6 Å². The van der Waals surface area contributed by atoms with E-state index in [1.807, 2.05) is 36.4 Å². The first-order chi connectivity index (χ1) is 12.3. The van der Waals surface area contributed by atoms with Crippen molar-refractivity contribution in [3.8, 4) is 0 Å². The van der Waals surface area contributed by atoms with E-state index in [0.717, 1.165) is 23.6 Å². The number of amides is 1. The molecule has 0 fully saturated rings. The maximum atomic E-state index is 12.9. The SMILES string of the molecule is CCc1ccccc1NC1c2ncccc2C(=O)N1Cc1ccco1. The zero-order chi connectivity index (χ0) is 17.2. The van der Waals surface area contributed by atoms with Crippen LogP contribution in [0.1, 0.15) is 40.5 Å². The molecule has 5 heteroatoms. The van der Waals surface area contributed by atoms with Crippen LogP contribution in [-0.2, 0) is 13.0 Å². The van der Waals surface area contributed by atoms with Crippen LogP contribution in [0.25, 0.3) is 0 Å². The van der Waals surface area contributed by atoms with Crippen LogP contribution in [0.15, 0.2) is 65.4 Å². The summed E-state index contributed by atoms with van der Waals surface area (Å²) in [5.74, 6) is 0.711. The van der Waals surface area contributed by atoms with Crippen molar-refractivity contribution in [3.63, 3.8) is 0 Å². The van der Waals surface area contributed by atoms with Crippen molar-refractivity contribution in [2.24, 2.45) is 0 Å². The summed E-state index contributed by atoms with van der Waals surface area (Å²) in [6, 6.07) is 15.5. The number of benzene rings is 1. The van der Waals surface area contributed by atoms with Gasteiger partial charge in [-0.2, -0.15) is 0 Å². The third-order valence-corrected chi connectivity index (χ3v) is 4.50. The molecule has 1 aromatic carbocycles. The lowest BCUT2D eigenvalue weighted by molar-refractivity contribution is 0.0714. The van der Waals surface area contributed by atoms with Gasteiger partial charge in [0.05, 0.1) is 24.1 Å². The van der Waals surface area contributed by atoms with Gasteiger partial charge in [-0.1, -0.05) is 25.1 Å². The van der Waals surface area contributed by atoms with E-state index in [2.05, 4.69) is 23.3 Å². The number of hydrogen-bond donors (Lipinski definition) is 1. The highest BCUT2D eigenvalue weighted by Crippen LogP contribution is 2.35. The molecule has 0 radical (unpaired) electrons. The van der Waals surface area contributed by atoms with Gasteiger partial charge in [-0.25, -0.2) is 0 Å². The van der Waals surface area contributed by atoms with E-state index in [9.17, 15) is 4.79 Å². The third-order valence-electron chi connectivity index (χ3n) is 4.50. The van der Waals surface area contributed by atoms with Crippen molar-refractivity contribution in [2.45, 2.75) is 26.1 Å². The molecule has 3 heterocycles. The molecule has 0 aliphatic carbocycles. The van der Waals surface area contributed by atoms with Crippen LogP contribution in [-0.4, -0.2) is 15.8 Å².